The van der Waals surface area contributed by atoms with E-state index in [0.717, 1.165) is 5.52 Å². The van der Waals surface area contributed by atoms with E-state index in [9.17, 15) is 19.5 Å². The molecule has 0 fully saturated rings. The number of aryl methyl sites for hydroxylation is 1. The van der Waals surface area contributed by atoms with Gasteiger partial charge in [-0.2, -0.15) is 0 Å². The molecule has 3 aromatic rings. The lowest BCUT2D eigenvalue weighted by molar-refractivity contribution is -0.172. The predicted octanol–water partition coefficient (Wildman–Crippen LogP) is 0.778. The molecule has 0 bridgehead atoms. The van der Waals surface area contributed by atoms with Gasteiger partial charge in [-0.3, -0.25) is 14.6 Å². The molecule has 0 aromatic carbocycles. The molecular formula is C20H17N3O5. The van der Waals surface area contributed by atoms with Gasteiger partial charge in [0.05, 0.1) is 40.0 Å². The molecule has 8 heteroatoms. The molecule has 0 amide bonds. The first-order chi connectivity index (χ1) is 13.4. The summed E-state index contributed by atoms with van der Waals surface area (Å²) in [6.45, 7) is 1.70. The monoisotopic (exact) mass is 379 g/mol. The van der Waals surface area contributed by atoms with Crippen molar-refractivity contribution in [3.63, 3.8) is 0 Å². The fraction of sp³-hybridized carbons (Fsp3) is 0.300. The van der Waals surface area contributed by atoms with Crippen LogP contribution in [-0.4, -0.2) is 25.2 Å². The molecule has 0 radical (unpaired) electrons. The summed E-state index contributed by atoms with van der Waals surface area (Å²) in [5.41, 5.74) is 0.250. The minimum absolute atomic E-state index is 0.0637. The van der Waals surface area contributed by atoms with Gasteiger partial charge in [0, 0.05) is 25.0 Å². The lowest BCUT2D eigenvalue weighted by Crippen LogP contribution is -2.44. The fourth-order valence-corrected chi connectivity index (χ4v) is 4.30. The third-order valence-electron chi connectivity index (χ3n) is 5.93. The number of ether oxygens (including phenoxy) is 1. The second-order valence-electron chi connectivity index (χ2n) is 7.21. The highest BCUT2D eigenvalue weighted by Gasteiger charge is 2.45. The van der Waals surface area contributed by atoms with Crippen LogP contribution >= 0.6 is 0 Å². The first-order valence-electron chi connectivity index (χ1n) is 9.01. The number of hydrogen-bond donors (Lipinski definition) is 1. The molecule has 1 N–H and O–H groups in total. The Labute approximate surface area is 158 Å². The molecule has 0 spiro atoms. The Hall–Kier alpha value is -3.26. The number of hydrogen-bond acceptors (Lipinski definition) is 6. The van der Waals surface area contributed by atoms with Crippen LogP contribution < -0.4 is 11.0 Å². The molecule has 0 saturated carbocycles. The highest BCUT2D eigenvalue weighted by atomic mass is 16.6. The lowest BCUT2D eigenvalue weighted by Gasteiger charge is -2.31. The Kier molecular flexibility index (Phi) is 3.25. The zero-order valence-corrected chi connectivity index (χ0v) is 15.4. The molecule has 8 nitrogen and oxygen atoms in total. The summed E-state index contributed by atoms with van der Waals surface area (Å²) < 4.78 is 8.45. The van der Waals surface area contributed by atoms with Crippen LogP contribution in [0.5, 0.6) is 0 Å². The minimum atomic E-state index is -1.89. The first-order valence-corrected chi connectivity index (χ1v) is 9.01. The third kappa shape index (κ3) is 1.87. The van der Waals surface area contributed by atoms with Crippen LogP contribution in [0.1, 0.15) is 30.2 Å². The smallest absolute Gasteiger partial charge is 0.343 e. The quantitative estimate of drug-likeness (QED) is 0.490. The molecular weight excluding hydrogens is 362 g/mol. The Morgan fingerprint density at radius 2 is 2.11 bits per heavy atom. The largest absolute Gasteiger partial charge is 0.458 e. The summed E-state index contributed by atoms with van der Waals surface area (Å²) in [6.07, 6.45) is 3.19. The van der Waals surface area contributed by atoms with Crippen LogP contribution in [0, 0.1) is 0 Å². The standard InChI is InChI=1S/C20H17N3O5/c1-3-20(27)12-6-14-16-15(8-23(14)18(25)11(12)9-28-19(20)26)22(2)13-4-5-21-7-10(13)17(16)24/h4-7,27H,3,8-9H2,1-2H3/t20-/m0/s1. The van der Waals surface area contributed by atoms with Crippen LogP contribution in [0.4, 0.5) is 0 Å². The molecule has 142 valence electrons. The van der Waals surface area contributed by atoms with Crippen molar-refractivity contribution in [2.45, 2.75) is 32.1 Å². The zero-order valence-electron chi connectivity index (χ0n) is 15.4. The molecule has 5 rings (SSSR count). The van der Waals surface area contributed by atoms with Gasteiger partial charge < -0.3 is 19.0 Å². The number of pyridine rings is 3. The van der Waals surface area contributed by atoms with Crippen molar-refractivity contribution in [2.24, 2.45) is 7.05 Å². The van der Waals surface area contributed by atoms with Crippen LogP contribution in [0.15, 0.2) is 34.1 Å². The van der Waals surface area contributed by atoms with Crippen molar-refractivity contribution in [3.05, 3.63) is 61.9 Å². The average molecular weight is 379 g/mol. The number of cyclic esters (lactones) is 1. The number of nitrogens with zero attached hydrogens (tertiary/aromatic N) is 3. The van der Waals surface area contributed by atoms with E-state index in [1.54, 1.807) is 25.3 Å². The Morgan fingerprint density at radius 1 is 1.32 bits per heavy atom. The predicted molar refractivity (Wildman–Crippen MR) is 99.8 cm³/mol. The fourth-order valence-electron chi connectivity index (χ4n) is 4.30. The Balaban J connectivity index is 1.90. The maximum Gasteiger partial charge on any atom is 0.343 e. The van der Waals surface area contributed by atoms with Gasteiger partial charge in [0.1, 0.15) is 6.61 Å². The van der Waals surface area contributed by atoms with Crippen molar-refractivity contribution < 1.29 is 14.6 Å². The van der Waals surface area contributed by atoms with E-state index in [0.29, 0.717) is 22.3 Å². The van der Waals surface area contributed by atoms with Gasteiger partial charge >= 0.3 is 5.97 Å². The Bertz CT molecular complexity index is 1320. The molecule has 0 aliphatic carbocycles. The maximum atomic E-state index is 13.2. The van der Waals surface area contributed by atoms with Crippen LogP contribution in [-0.2, 0) is 35.3 Å². The molecule has 1 atom stereocenters. The summed E-state index contributed by atoms with van der Waals surface area (Å²) in [6, 6.07) is 3.35. The summed E-state index contributed by atoms with van der Waals surface area (Å²) in [5.74, 6) is -0.777. The zero-order chi connectivity index (χ0) is 19.8. The average Bonchev–Trinajstić information content (AvgIpc) is 3.10. The van der Waals surface area contributed by atoms with E-state index in [-0.39, 0.29) is 41.7 Å². The number of aromatic nitrogens is 3. The van der Waals surface area contributed by atoms with Crippen molar-refractivity contribution in [3.8, 4) is 11.3 Å². The van der Waals surface area contributed by atoms with E-state index in [1.165, 1.54) is 10.8 Å². The van der Waals surface area contributed by atoms with E-state index in [4.69, 9.17) is 4.74 Å². The van der Waals surface area contributed by atoms with Gasteiger partial charge in [0.15, 0.2) is 5.60 Å². The number of aliphatic hydroxyl groups is 1. The van der Waals surface area contributed by atoms with Crippen LogP contribution in [0.3, 0.4) is 0 Å². The van der Waals surface area contributed by atoms with Crippen molar-refractivity contribution in [2.75, 3.05) is 0 Å². The topological polar surface area (TPSA) is 103 Å². The van der Waals surface area contributed by atoms with Crippen LogP contribution in [0.25, 0.3) is 22.2 Å². The van der Waals surface area contributed by atoms with Gasteiger partial charge in [0.25, 0.3) is 5.56 Å². The van der Waals surface area contributed by atoms with Gasteiger partial charge in [-0.1, -0.05) is 6.92 Å². The van der Waals surface area contributed by atoms with E-state index in [1.807, 2.05) is 11.6 Å². The highest BCUT2D eigenvalue weighted by molar-refractivity contribution is 5.87. The highest BCUT2D eigenvalue weighted by Crippen LogP contribution is 2.37. The number of carbonyl (C=O) groups excluding carboxylic acids is 1. The van der Waals surface area contributed by atoms with E-state index < -0.39 is 11.6 Å². The van der Waals surface area contributed by atoms with E-state index >= 15 is 0 Å². The molecule has 2 aliphatic heterocycles. The van der Waals surface area contributed by atoms with Crippen molar-refractivity contribution in [1.82, 2.24) is 14.1 Å². The van der Waals surface area contributed by atoms with Crippen molar-refractivity contribution >= 4 is 16.9 Å². The number of esters is 1. The summed E-state index contributed by atoms with van der Waals surface area (Å²) >= 11 is 0. The van der Waals surface area contributed by atoms with E-state index in [2.05, 4.69) is 4.98 Å². The normalized spacial score (nSPS) is 19.9. The van der Waals surface area contributed by atoms with Gasteiger partial charge in [-0.25, -0.2) is 4.79 Å². The summed E-state index contributed by atoms with van der Waals surface area (Å²) in [4.78, 5) is 42.6. The molecule has 2 aliphatic rings. The molecule has 5 heterocycles. The van der Waals surface area contributed by atoms with Gasteiger partial charge in [0.2, 0.25) is 5.43 Å². The number of carbonyl (C=O) groups is 1. The number of fused-ring (bicyclic) bond motifs is 5. The molecule has 3 aromatic heterocycles. The van der Waals surface area contributed by atoms with Crippen LogP contribution in [0.2, 0.25) is 0 Å². The second kappa shape index (κ2) is 5.39. The number of rotatable bonds is 1. The lowest BCUT2D eigenvalue weighted by atomic mass is 9.86. The first kappa shape index (κ1) is 16.9. The molecule has 0 saturated heterocycles. The minimum Gasteiger partial charge on any atom is -0.458 e. The third-order valence-corrected chi connectivity index (χ3v) is 5.93. The van der Waals surface area contributed by atoms with Gasteiger partial charge in [-0.15, -0.1) is 0 Å². The second-order valence-corrected chi connectivity index (χ2v) is 7.21. The maximum absolute atomic E-state index is 13.2. The summed E-state index contributed by atoms with van der Waals surface area (Å²) in [7, 11) is 1.84. The summed E-state index contributed by atoms with van der Waals surface area (Å²) in [5, 5.41) is 11.3. The van der Waals surface area contributed by atoms with Gasteiger partial charge in [-0.05, 0) is 18.6 Å². The molecule has 28 heavy (non-hydrogen) atoms. The Morgan fingerprint density at radius 3 is 2.86 bits per heavy atom. The SMILES string of the molecule is CC[C@@]1(O)C(=O)OCc2c1cc1n(c2=O)Cc2c-1c(=O)c1cnccc1n2C. The van der Waals surface area contributed by atoms with Crippen molar-refractivity contribution in [1.29, 1.82) is 0 Å². The molecule has 0 unspecified atom stereocenters.